The van der Waals surface area contributed by atoms with Gasteiger partial charge in [0.15, 0.2) is 0 Å². The number of aryl methyl sites for hydroxylation is 1. The standard InChI is InChI=1S/C10H12ClNO3/c1-5-2-6(3-7(11)9(5)13)4-8(12)10(14)15/h2-3,8,13H,4,12H2,1H3,(H,14,15)/t8-/m0/s1. The number of carboxylic acids is 1. The third-order valence-corrected chi connectivity index (χ3v) is 2.37. The molecule has 0 saturated carbocycles. The normalized spacial score (nSPS) is 12.5. The number of phenolic OH excluding ortho intramolecular Hbond substituents is 1. The van der Waals surface area contributed by atoms with Gasteiger partial charge in [-0.1, -0.05) is 17.7 Å². The molecule has 0 aliphatic heterocycles. The molecular formula is C10H12ClNO3. The van der Waals surface area contributed by atoms with Crippen LogP contribution in [0.3, 0.4) is 0 Å². The summed E-state index contributed by atoms with van der Waals surface area (Å²) in [7, 11) is 0. The molecule has 1 atom stereocenters. The SMILES string of the molecule is Cc1cc(C[C@H](N)C(=O)O)cc(Cl)c1O. The number of carbonyl (C=O) groups is 1. The molecule has 0 bridgehead atoms. The van der Waals surface area contributed by atoms with E-state index in [4.69, 9.17) is 22.4 Å². The number of halogens is 1. The Kier molecular flexibility index (Phi) is 3.55. The predicted molar refractivity (Wildman–Crippen MR) is 57.2 cm³/mol. The van der Waals surface area contributed by atoms with Gasteiger partial charge in [0, 0.05) is 0 Å². The van der Waals surface area contributed by atoms with Gasteiger partial charge in [0.2, 0.25) is 0 Å². The van der Waals surface area contributed by atoms with E-state index >= 15 is 0 Å². The number of aromatic hydroxyl groups is 1. The Hall–Kier alpha value is -1.26. The molecule has 4 nitrogen and oxygen atoms in total. The number of hydrogen-bond donors (Lipinski definition) is 3. The van der Waals surface area contributed by atoms with Gasteiger partial charge in [-0.3, -0.25) is 4.79 Å². The second kappa shape index (κ2) is 4.51. The van der Waals surface area contributed by atoms with Crippen molar-refractivity contribution < 1.29 is 15.0 Å². The third kappa shape index (κ3) is 2.84. The summed E-state index contributed by atoms with van der Waals surface area (Å²) in [6.45, 7) is 1.69. The minimum Gasteiger partial charge on any atom is -0.506 e. The van der Waals surface area contributed by atoms with Gasteiger partial charge in [-0.15, -0.1) is 0 Å². The van der Waals surface area contributed by atoms with E-state index < -0.39 is 12.0 Å². The van der Waals surface area contributed by atoms with Crippen LogP contribution in [0.2, 0.25) is 5.02 Å². The molecule has 15 heavy (non-hydrogen) atoms. The van der Waals surface area contributed by atoms with Crippen LogP contribution >= 0.6 is 11.6 Å². The summed E-state index contributed by atoms with van der Waals surface area (Å²) in [4.78, 5) is 10.5. The van der Waals surface area contributed by atoms with Crippen molar-refractivity contribution in [3.63, 3.8) is 0 Å². The van der Waals surface area contributed by atoms with Crippen molar-refractivity contribution in [2.75, 3.05) is 0 Å². The molecule has 1 rings (SSSR count). The first-order valence-corrected chi connectivity index (χ1v) is 4.76. The molecule has 0 aliphatic rings. The monoisotopic (exact) mass is 229 g/mol. The Morgan fingerprint density at radius 1 is 1.60 bits per heavy atom. The van der Waals surface area contributed by atoms with E-state index in [0.29, 0.717) is 11.1 Å². The maximum atomic E-state index is 10.5. The van der Waals surface area contributed by atoms with Crippen LogP contribution in [0.25, 0.3) is 0 Å². The maximum Gasteiger partial charge on any atom is 0.320 e. The zero-order valence-corrected chi connectivity index (χ0v) is 8.95. The number of aliphatic carboxylic acids is 1. The van der Waals surface area contributed by atoms with Crippen LogP contribution in [0.4, 0.5) is 0 Å². The highest BCUT2D eigenvalue weighted by molar-refractivity contribution is 6.32. The number of benzene rings is 1. The minimum absolute atomic E-state index is 0.0179. The lowest BCUT2D eigenvalue weighted by atomic mass is 10.0. The molecule has 82 valence electrons. The fourth-order valence-electron chi connectivity index (χ4n) is 1.27. The van der Waals surface area contributed by atoms with Crippen LogP contribution in [0.5, 0.6) is 5.75 Å². The predicted octanol–water partition coefficient (Wildman–Crippen LogP) is 1.31. The first-order valence-electron chi connectivity index (χ1n) is 4.38. The van der Waals surface area contributed by atoms with Crippen LogP contribution < -0.4 is 5.73 Å². The van der Waals surface area contributed by atoms with Gasteiger partial charge in [0.05, 0.1) is 5.02 Å². The van der Waals surface area contributed by atoms with Crippen molar-refractivity contribution in [3.05, 3.63) is 28.3 Å². The summed E-state index contributed by atoms with van der Waals surface area (Å²) in [5.74, 6) is -1.04. The first-order chi connectivity index (χ1) is 6.91. The van der Waals surface area contributed by atoms with Gasteiger partial charge < -0.3 is 15.9 Å². The molecule has 4 N–H and O–H groups in total. The molecular weight excluding hydrogens is 218 g/mol. The van der Waals surface area contributed by atoms with Crippen LogP contribution in [0.1, 0.15) is 11.1 Å². The number of nitrogens with two attached hydrogens (primary N) is 1. The van der Waals surface area contributed by atoms with Crippen molar-refractivity contribution in [1.29, 1.82) is 0 Å². The largest absolute Gasteiger partial charge is 0.506 e. The summed E-state index contributed by atoms with van der Waals surface area (Å²) in [6.07, 6.45) is 0.191. The van der Waals surface area contributed by atoms with Gasteiger partial charge in [0.25, 0.3) is 0 Å². The number of hydrogen-bond acceptors (Lipinski definition) is 3. The molecule has 5 heteroatoms. The van der Waals surface area contributed by atoms with Crippen LogP contribution in [-0.2, 0) is 11.2 Å². The fourth-order valence-corrected chi connectivity index (χ4v) is 1.56. The summed E-state index contributed by atoms with van der Waals surface area (Å²) < 4.78 is 0. The van der Waals surface area contributed by atoms with Crippen molar-refractivity contribution in [1.82, 2.24) is 0 Å². The van der Waals surface area contributed by atoms with E-state index in [-0.39, 0.29) is 17.2 Å². The molecule has 0 spiro atoms. The molecule has 0 aliphatic carbocycles. The molecule has 0 heterocycles. The Balaban J connectivity index is 2.92. The number of carboxylic acid groups (broad SMARTS) is 1. The highest BCUT2D eigenvalue weighted by Gasteiger charge is 2.13. The van der Waals surface area contributed by atoms with Gasteiger partial charge in [-0.2, -0.15) is 0 Å². The van der Waals surface area contributed by atoms with Crippen molar-refractivity contribution in [2.45, 2.75) is 19.4 Å². The Bertz CT molecular complexity index is 369. The zero-order valence-electron chi connectivity index (χ0n) is 8.20. The molecule has 0 unspecified atom stereocenters. The topological polar surface area (TPSA) is 83.6 Å². The molecule has 0 amide bonds. The van der Waals surface area contributed by atoms with Gasteiger partial charge >= 0.3 is 5.97 Å². The Morgan fingerprint density at radius 2 is 2.20 bits per heavy atom. The second-order valence-corrected chi connectivity index (χ2v) is 3.80. The van der Waals surface area contributed by atoms with Crippen molar-refractivity contribution >= 4 is 17.6 Å². The van der Waals surface area contributed by atoms with Crippen LogP contribution in [0.15, 0.2) is 12.1 Å². The average molecular weight is 230 g/mol. The molecule has 1 aromatic rings. The van der Waals surface area contributed by atoms with Crippen LogP contribution in [0, 0.1) is 6.92 Å². The molecule has 1 aromatic carbocycles. The Morgan fingerprint density at radius 3 is 2.67 bits per heavy atom. The molecule has 0 radical (unpaired) electrons. The third-order valence-electron chi connectivity index (χ3n) is 2.09. The number of phenols is 1. The van der Waals surface area contributed by atoms with E-state index in [1.807, 2.05) is 0 Å². The highest BCUT2D eigenvalue weighted by atomic mass is 35.5. The second-order valence-electron chi connectivity index (χ2n) is 3.39. The van der Waals surface area contributed by atoms with Gasteiger partial charge in [0.1, 0.15) is 11.8 Å². The summed E-state index contributed by atoms with van der Waals surface area (Å²) >= 11 is 5.74. The highest BCUT2D eigenvalue weighted by Crippen LogP contribution is 2.28. The average Bonchev–Trinajstić information content (AvgIpc) is 2.13. The van der Waals surface area contributed by atoms with E-state index in [1.165, 1.54) is 6.07 Å². The minimum atomic E-state index is -1.06. The molecule has 0 fully saturated rings. The smallest absolute Gasteiger partial charge is 0.320 e. The summed E-state index contributed by atoms with van der Waals surface area (Å²) in [5.41, 5.74) is 6.69. The van der Waals surface area contributed by atoms with Crippen molar-refractivity contribution in [3.8, 4) is 5.75 Å². The van der Waals surface area contributed by atoms with Crippen molar-refractivity contribution in [2.24, 2.45) is 5.73 Å². The van der Waals surface area contributed by atoms with E-state index in [2.05, 4.69) is 0 Å². The quantitative estimate of drug-likeness (QED) is 0.730. The first kappa shape index (κ1) is 11.8. The lowest BCUT2D eigenvalue weighted by molar-refractivity contribution is -0.138. The fraction of sp³-hybridized carbons (Fsp3) is 0.300. The lowest BCUT2D eigenvalue weighted by Gasteiger charge is -2.09. The maximum absolute atomic E-state index is 10.5. The summed E-state index contributed by atoms with van der Waals surface area (Å²) in [6, 6.07) is 2.24. The number of rotatable bonds is 3. The molecule has 0 saturated heterocycles. The van der Waals surface area contributed by atoms with E-state index in [0.717, 1.165) is 0 Å². The van der Waals surface area contributed by atoms with Crippen LogP contribution in [-0.4, -0.2) is 22.2 Å². The lowest BCUT2D eigenvalue weighted by Crippen LogP contribution is -2.32. The van der Waals surface area contributed by atoms with Gasteiger partial charge in [-0.05, 0) is 30.5 Å². The Labute approximate surface area is 92.3 Å². The van der Waals surface area contributed by atoms with Gasteiger partial charge in [-0.25, -0.2) is 0 Å². The van der Waals surface area contributed by atoms with E-state index in [1.54, 1.807) is 13.0 Å². The summed E-state index contributed by atoms with van der Waals surface area (Å²) in [5, 5.41) is 18.2. The molecule has 0 aromatic heterocycles. The van der Waals surface area contributed by atoms with E-state index in [9.17, 15) is 9.90 Å². The zero-order chi connectivity index (χ0) is 11.6.